The smallest absolute Gasteiger partial charge is 0.127 e. The lowest BCUT2D eigenvalue weighted by Crippen LogP contribution is -2.24. The summed E-state index contributed by atoms with van der Waals surface area (Å²) in [6, 6.07) is 6.36. The summed E-state index contributed by atoms with van der Waals surface area (Å²) in [4.78, 5) is 0. The van der Waals surface area contributed by atoms with Crippen LogP contribution in [0.4, 0.5) is 4.39 Å². The van der Waals surface area contributed by atoms with Crippen LogP contribution in [0, 0.1) is 5.82 Å². The Morgan fingerprint density at radius 1 is 1.37 bits per heavy atom. The number of aromatic hydroxyl groups is 1. The molecular weight excluding hydrogens is 245 g/mol. The minimum absolute atomic E-state index is 0.0376. The fourth-order valence-corrected chi connectivity index (χ4v) is 2.67. The summed E-state index contributed by atoms with van der Waals surface area (Å²) in [5.74, 6) is 0.597. The molecule has 1 aliphatic rings. The standard InChI is InChI=1S/C15H16FNO2/c16-11-6-10(7-12(18)8-11)9-17-14-2-1-3-15-13(14)4-5-19-15/h4-8,14,17-18H,1-3,9H2. The third-order valence-corrected chi connectivity index (χ3v) is 3.55. The van der Waals surface area contributed by atoms with Gasteiger partial charge < -0.3 is 14.8 Å². The van der Waals surface area contributed by atoms with Crippen molar-refractivity contribution in [2.24, 2.45) is 0 Å². The predicted octanol–water partition coefficient (Wildman–Crippen LogP) is 3.29. The molecule has 0 aliphatic heterocycles. The minimum atomic E-state index is -0.413. The maximum Gasteiger partial charge on any atom is 0.127 e. The summed E-state index contributed by atoms with van der Waals surface area (Å²) in [5.41, 5.74) is 1.94. The van der Waals surface area contributed by atoms with Crippen molar-refractivity contribution in [3.8, 4) is 5.75 Å². The number of phenolic OH excluding ortho intramolecular Hbond substituents is 1. The largest absolute Gasteiger partial charge is 0.508 e. The number of hydrogen-bond acceptors (Lipinski definition) is 3. The van der Waals surface area contributed by atoms with Gasteiger partial charge in [-0.3, -0.25) is 0 Å². The highest BCUT2D eigenvalue weighted by molar-refractivity contribution is 5.29. The molecule has 1 aromatic carbocycles. The fourth-order valence-electron chi connectivity index (χ4n) is 2.67. The summed E-state index contributed by atoms with van der Waals surface area (Å²) in [5, 5.41) is 12.8. The molecule has 0 amide bonds. The van der Waals surface area contributed by atoms with Gasteiger partial charge in [-0.25, -0.2) is 4.39 Å². The van der Waals surface area contributed by atoms with Crippen LogP contribution in [0.25, 0.3) is 0 Å². The molecule has 0 bridgehead atoms. The van der Waals surface area contributed by atoms with Crippen molar-refractivity contribution in [1.82, 2.24) is 5.32 Å². The maximum absolute atomic E-state index is 13.2. The molecular formula is C15H16FNO2. The highest BCUT2D eigenvalue weighted by atomic mass is 19.1. The van der Waals surface area contributed by atoms with Gasteiger partial charge in [-0.1, -0.05) is 0 Å². The van der Waals surface area contributed by atoms with Gasteiger partial charge in [0.1, 0.15) is 17.3 Å². The topological polar surface area (TPSA) is 45.4 Å². The van der Waals surface area contributed by atoms with Crippen molar-refractivity contribution < 1.29 is 13.9 Å². The van der Waals surface area contributed by atoms with Crippen LogP contribution in [0.5, 0.6) is 5.75 Å². The van der Waals surface area contributed by atoms with Crippen molar-refractivity contribution in [2.75, 3.05) is 0 Å². The van der Waals surface area contributed by atoms with Crippen LogP contribution in [0.15, 0.2) is 34.9 Å². The number of aryl methyl sites for hydroxylation is 1. The first-order valence-corrected chi connectivity index (χ1v) is 6.50. The molecule has 4 heteroatoms. The summed E-state index contributed by atoms with van der Waals surface area (Å²) < 4.78 is 18.6. The molecule has 1 aliphatic carbocycles. The molecule has 0 saturated heterocycles. The Kier molecular flexibility index (Phi) is 3.25. The number of benzene rings is 1. The summed E-state index contributed by atoms with van der Waals surface area (Å²) in [6.07, 6.45) is 4.85. The molecule has 0 radical (unpaired) electrons. The Hall–Kier alpha value is -1.81. The highest BCUT2D eigenvalue weighted by Crippen LogP contribution is 2.30. The lowest BCUT2D eigenvalue weighted by atomic mass is 9.93. The first kappa shape index (κ1) is 12.2. The monoisotopic (exact) mass is 261 g/mol. The third-order valence-electron chi connectivity index (χ3n) is 3.55. The molecule has 3 nitrogen and oxygen atoms in total. The Labute approximate surface area is 111 Å². The normalized spacial score (nSPS) is 18.3. The van der Waals surface area contributed by atoms with Crippen LogP contribution in [0.3, 0.4) is 0 Å². The zero-order valence-electron chi connectivity index (χ0n) is 10.5. The molecule has 0 saturated carbocycles. The molecule has 100 valence electrons. The molecule has 3 rings (SSSR count). The van der Waals surface area contributed by atoms with Crippen LogP contribution in [-0.2, 0) is 13.0 Å². The van der Waals surface area contributed by atoms with E-state index in [1.807, 2.05) is 6.07 Å². The Balaban J connectivity index is 1.70. The Bertz CT molecular complexity index is 559. The number of halogens is 1. The van der Waals surface area contributed by atoms with Gasteiger partial charge in [0.25, 0.3) is 0 Å². The molecule has 0 spiro atoms. The number of phenols is 1. The van der Waals surface area contributed by atoms with E-state index in [9.17, 15) is 9.50 Å². The zero-order valence-corrected chi connectivity index (χ0v) is 10.5. The van der Waals surface area contributed by atoms with Crippen LogP contribution < -0.4 is 5.32 Å². The maximum atomic E-state index is 13.2. The van der Waals surface area contributed by atoms with Crippen LogP contribution in [0.1, 0.15) is 35.8 Å². The first-order valence-electron chi connectivity index (χ1n) is 6.50. The summed E-state index contributed by atoms with van der Waals surface area (Å²) in [6.45, 7) is 0.528. The van der Waals surface area contributed by atoms with E-state index in [4.69, 9.17) is 4.42 Å². The van der Waals surface area contributed by atoms with E-state index in [0.717, 1.165) is 36.7 Å². The lowest BCUT2D eigenvalue weighted by molar-refractivity contribution is 0.409. The molecule has 1 atom stereocenters. The number of hydrogen-bond donors (Lipinski definition) is 2. The van der Waals surface area contributed by atoms with Crippen molar-refractivity contribution in [1.29, 1.82) is 0 Å². The Morgan fingerprint density at radius 2 is 2.26 bits per heavy atom. The van der Waals surface area contributed by atoms with Gasteiger partial charge in [0, 0.05) is 30.6 Å². The molecule has 19 heavy (non-hydrogen) atoms. The number of fused-ring (bicyclic) bond motifs is 1. The minimum Gasteiger partial charge on any atom is -0.508 e. The number of nitrogens with one attached hydrogen (secondary N) is 1. The van der Waals surface area contributed by atoms with Gasteiger partial charge in [-0.05, 0) is 36.6 Å². The number of rotatable bonds is 3. The molecule has 2 aromatic rings. The van der Waals surface area contributed by atoms with Crippen molar-refractivity contribution in [3.63, 3.8) is 0 Å². The van der Waals surface area contributed by atoms with Gasteiger partial charge in [0.05, 0.1) is 6.26 Å². The van der Waals surface area contributed by atoms with E-state index in [0.29, 0.717) is 6.54 Å². The quantitative estimate of drug-likeness (QED) is 0.891. The highest BCUT2D eigenvalue weighted by Gasteiger charge is 2.21. The fraction of sp³-hybridized carbons (Fsp3) is 0.333. The molecule has 1 heterocycles. The molecule has 1 aromatic heterocycles. The second kappa shape index (κ2) is 5.05. The van der Waals surface area contributed by atoms with Crippen molar-refractivity contribution >= 4 is 0 Å². The van der Waals surface area contributed by atoms with E-state index >= 15 is 0 Å². The lowest BCUT2D eigenvalue weighted by Gasteiger charge is -2.22. The van der Waals surface area contributed by atoms with E-state index in [1.54, 1.807) is 12.3 Å². The van der Waals surface area contributed by atoms with Crippen LogP contribution >= 0.6 is 0 Å². The summed E-state index contributed by atoms with van der Waals surface area (Å²) in [7, 11) is 0. The SMILES string of the molecule is Oc1cc(F)cc(CNC2CCCc3occc32)c1. The average Bonchev–Trinajstić information content (AvgIpc) is 2.83. The van der Waals surface area contributed by atoms with E-state index in [-0.39, 0.29) is 11.8 Å². The van der Waals surface area contributed by atoms with Gasteiger partial charge in [-0.2, -0.15) is 0 Å². The van der Waals surface area contributed by atoms with Crippen LogP contribution in [0.2, 0.25) is 0 Å². The number of furan rings is 1. The van der Waals surface area contributed by atoms with Gasteiger partial charge in [0.15, 0.2) is 0 Å². The van der Waals surface area contributed by atoms with Gasteiger partial charge in [0.2, 0.25) is 0 Å². The van der Waals surface area contributed by atoms with E-state index in [2.05, 4.69) is 5.32 Å². The molecule has 2 N–H and O–H groups in total. The van der Waals surface area contributed by atoms with E-state index in [1.165, 1.54) is 11.6 Å². The van der Waals surface area contributed by atoms with E-state index < -0.39 is 5.82 Å². The average molecular weight is 261 g/mol. The zero-order chi connectivity index (χ0) is 13.2. The Morgan fingerprint density at radius 3 is 3.11 bits per heavy atom. The third kappa shape index (κ3) is 2.63. The van der Waals surface area contributed by atoms with Crippen LogP contribution in [-0.4, -0.2) is 5.11 Å². The van der Waals surface area contributed by atoms with Gasteiger partial charge >= 0.3 is 0 Å². The first-order chi connectivity index (χ1) is 9.22. The second-order valence-electron chi connectivity index (χ2n) is 4.94. The van der Waals surface area contributed by atoms with Crippen molar-refractivity contribution in [2.45, 2.75) is 31.8 Å². The van der Waals surface area contributed by atoms with Gasteiger partial charge in [-0.15, -0.1) is 0 Å². The van der Waals surface area contributed by atoms with Crippen molar-refractivity contribution in [3.05, 3.63) is 53.2 Å². The molecule has 0 fully saturated rings. The summed E-state index contributed by atoms with van der Waals surface area (Å²) >= 11 is 0. The molecule has 1 unspecified atom stereocenters. The predicted molar refractivity (Wildman–Crippen MR) is 69.3 cm³/mol. The second-order valence-corrected chi connectivity index (χ2v) is 4.94.